The highest BCUT2D eigenvalue weighted by atomic mass is 31.2. The lowest BCUT2D eigenvalue weighted by molar-refractivity contribution is -0.870. The number of allylic oxidation sites excluding steroid dienone is 14. The Bertz CT molecular complexity index is 1580. The molecule has 0 spiro atoms. The van der Waals surface area contributed by atoms with Crippen molar-refractivity contribution in [1.82, 2.24) is 0 Å². The SMILES string of the molecule is CC/C=C\C/C=C\C/C=C\C/C=C\C/C=C\CCCCCCCCCCCCCCCCCCCCCCCC(=O)OC(COC(=O)CCCCCCC/C=C\C/C=C\CCCCCC)COP(=O)(O)OCC[N+](C)(C)C. The van der Waals surface area contributed by atoms with Gasteiger partial charge >= 0.3 is 19.8 Å². The van der Waals surface area contributed by atoms with Gasteiger partial charge in [0.25, 0.3) is 0 Å². The highest BCUT2D eigenvalue weighted by Gasteiger charge is 2.27. The molecular weight excluding hydrogens is 978 g/mol. The van der Waals surface area contributed by atoms with Gasteiger partial charge in [0, 0.05) is 12.8 Å². The summed E-state index contributed by atoms with van der Waals surface area (Å²) in [7, 11) is 1.47. The third-order valence-electron chi connectivity index (χ3n) is 13.7. The Morgan fingerprint density at radius 3 is 1.10 bits per heavy atom. The average Bonchev–Trinajstić information content (AvgIpc) is 3.39. The van der Waals surface area contributed by atoms with E-state index in [4.69, 9.17) is 18.5 Å². The van der Waals surface area contributed by atoms with E-state index in [0.29, 0.717) is 17.4 Å². The first-order valence-corrected chi connectivity index (χ1v) is 33.3. The zero-order valence-electron chi connectivity index (χ0n) is 50.7. The summed E-state index contributed by atoms with van der Waals surface area (Å²) in [6, 6.07) is 0. The predicted molar refractivity (Wildman–Crippen MR) is 330 cm³/mol. The van der Waals surface area contributed by atoms with Gasteiger partial charge in [0.1, 0.15) is 19.8 Å². The first-order valence-electron chi connectivity index (χ1n) is 31.8. The van der Waals surface area contributed by atoms with Crippen LogP contribution in [0.4, 0.5) is 0 Å². The molecule has 0 aromatic carbocycles. The van der Waals surface area contributed by atoms with Gasteiger partial charge in [-0.25, -0.2) is 4.57 Å². The van der Waals surface area contributed by atoms with Crippen LogP contribution in [0.1, 0.15) is 277 Å². The van der Waals surface area contributed by atoms with Crippen molar-refractivity contribution in [1.29, 1.82) is 0 Å². The van der Waals surface area contributed by atoms with E-state index in [1.165, 1.54) is 154 Å². The van der Waals surface area contributed by atoms with Crippen LogP contribution in [-0.4, -0.2) is 74.9 Å². The van der Waals surface area contributed by atoms with E-state index >= 15 is 0 Å². The van der Waals surface area contributed by atoms with Crippen LogP contribution in [0.2, 0.25) is 0 Å². The summed E-state index contributed by atoms with van der Waals surface area (Å²) in [6.07, 6.45) is 78.2. The van der Waals surface area contributed by atoms with E-state index in [1.54, 1.807) is 0 Å². The summed E-state index contributed by atoms with van der Waals surface area (Å²) < 4.78 is 34.6. The standard InChI is InChI=1S/C67H120NO8P/c1-6-8-10-12-14-16-18-20-22-24-25-26-27-28-29-30-31-32-33-34-35-36-37-38-39-40-41-42-43-44-46-48-50-52-54-56-58-60-67(70)76-65(64-75-77(71,72)74-62-61-68(3,4)5)63-73-66(69)59-57-55-53-51-49-47-45-23-21-19-17-15-13-11-9-7-2/h8,10,14,16-17,19-20,22-23,25-26,28-29,45,65H,6-7,9,11-13,15,18,21,24,27,30-44,46-64H2,1-5H3/p+1/b10-8-,16-14-,19-17-,22-20-,26-25-,29-28-,45-23-. The maximum absolute atomic E-state index is 12.8. The first-order chi connectivity index (χ1) is 37.5. The zero-order valence-corrected chi connectivity index (χ0v) is 51.6. The zero-order chi connectivity index (χ0) is 56.3. The van der Waals surface area contributed by atoms with E-state index in [9.17, 15) is 19.0 Å². The normalized spacial score (nSPS) is 13.8. The van der Waals surface area contributed by atoms with Gasteiger partial charge in [-0.05, 0) is 89.9 Å². The summed E-state index contributed by atoms with van der Waals surface area (Å²) in [5.41, 5.74) is 0. The van der Waals surface area contributed by atoms with Crippen molar-refractivity contribution < 1.29 is 42.1 Å². The summed E-state index contributed by atoms with van der Waals surface area (Å²) in [6.45, 7) is 4.31. The molecular formula is C67H121NO8P+. The molecule has 446 valence electrons. The number of carbonyl (C=O) groups is 2. The Morgan fingerprint density at radius 1 is 0.416 bits per heavy atom. The van der Waals surface area contributed by atoms with Crippen LogP contribution in [0.3, 0.4) is 0 Å². The Labute approximate surface area is 475 Å². The average molecular weight is 1100 g/mol. The van der Waals surface area contributed by atoms with Gasteiger partial charge in [0.05, 0.1) is 27.7 Å². The summed E-state index contributed by atoms with van der Waals surface area (Å²) >= 11 is 0. The maximum atomic E-state index is 12.8. The van der Waals surface area contributed by atoms with Crippen LogP contribution in [0, 0.1) is 0 Å². The minimum atomic E-state index is -4.39. The van der Waals surface area contributed by atoms with Crippen molar-refractivity contribution in [3.8, 4) is 0 Å². The second-order valence-corrected chi connectivity index (χ2v) is 23.9. The second-order valence-electron chi connectivity index (χ2n) is 22.4. The number of quaternary nitrogens is 1. The van der Waals surface area contributed by atoms with Gasteiger partial charge in [0.15, 0.2) is 6.10 Å². The number of phosphoric acid groups is 1. The van der Waals surface area contributed by atoms with Crippen molar-refractivity contribution >= 4 is 19.8 Å². The Balaban J connectivity index is 3.98. The largest absolute Gasteiger partial charge is 0.472 e. The van der Waals surface area contributed by atoms with Crippen LogP contribution < -0.4 is 0 Å². The molecule has 0 aliphatic rings. The molecule has 10 heteroatoms. The van der Waals surface area contributed by atoms with E-state index < -0.39 is 26.5 Å². The lowest BCUT2D eigenvalue weighted by Crippen LogP contribution is -2.37. The number of likely N-dealkylation sites (N-methyl/N-ethyl adjacent to an activating group) is 1. The molecule has 0 saturated carbocycles. The molecule has 77 heavy (non-hydrogen) atoms. The van der Waals surface area contributed by atoms with Gasteiger partial charge < -0.3 is 18.9 Å². The summed E-state index contributed by atoms with van der Waals surface area (Å²) in [5, 5.41) is 0. The van der Waals surface area contributed by atoms with Crippen LogP contribution in [-0.2, 0) is 32.7 Å². The lowest BCUT2D eigenvalue weighted by Gasteiger charge is -2.24. The van der Waals surface area contributed by atoms with Gasteiger partial charge in [-0.1, -0.05) is 259 Å². The van der Waals surface area contributed by atoms with Crippen LogP contribution in [0.5, 0.6) is 0 Å². The minimum absolute atomic E-state index is 0.0283. The number of ether oxygens (including phenoxy) is 2. The number of phosphoric ester groups is 1. The number of nitrogens with zero attached hydrogens (tertiary/aromatic N) is 1. The molecule has 0 saturated heterocycles. The molecule has 0 fully saturated rings. The molecule has 0 radical (unpaired) electrons. The molecule has 0 bridgehead atoms. The fourth-order valence-electron chi connectivity index (χ4n) is 8.78. The van der Waals surface area contributed by atoms with Crippen molar-refractivity contribution in [2.24, 2.45) is 0 Å². The van der Waals surface area contributed by atoms with Crippen molar-refractivity contribution in [2.45, 2.75) is 283 Å². The quantitative estimate of drug-likeness (QED) is 0.0211. The number of rotatable bonds is 58. The molecule has 0 aliphatic carbocycles. The molecule has 9 nitrogen and oxygen atoms in total. The van der Waals surface area contributed by atoms with Gasteiger partial charge in [-0.15, -0.1) is 0 Å². The van der Waals surface area contributed by atoms with E-state index in [1.807, 2.05) is 21.1 Å². The number of hydrogen-bond donors (Lipinski definition) is 1. The van der Waals surface area contributed by atoms with Crippen molar-refractivity contribution in [2.75, 3.05) is 47.5 Å². The molecule has 1 N–H and O–H groups in total. The van der Waals surface area contributed by atoms with Crippen molar-refractivity contribution in [3.05, 3.63) is 85.1 Å². The lowest BCUT2D eigenvalue weighted by atomic mass is 10.0. The Kier molecular flexibility index (Phi) is 55.8. The molecule has 2 unspecified atom stereocenters. The van der Waals surface area contributed by atoms with Crippen LogP contribution >= 0.6 is 7.82 Å². The monoisotopic (exact) mass is 1100 g/mol. The molecule has 0 amide bonds. The van der Waals surface area contributed by atoms with Gasteiger partial charge in [-0.3, -0.25) is 18.6 Å². The number of carbonyl (C=O) groups excluding carboxylic acids is 2. The maximum Gasteiger partial charge on any atom is 0.472 e. The number of hydrogen-bond acceptors (Lipinski definition) is 7. The second kappa shape index (κ2) is 57.9. The van der Waals surface area contributed by atoms with Gasteiger partial charge in [0.2, 0.25) is 0 Å². The fraction of sp³-hybridized carbons (Fsp3) is 0.761. The van der Waals surface area contributed by atoms with E-state index in [0.717, 1.165) is 89.9 Å². The number of esters is 2. The fourth-order valence-corrected chi connectivity index (χ4v) is 9.52. The molecule has 0 heterocycles. The molecule has 2 atom stereocenters. The predicted octanol–water partition coefficient (Wildman–Crippen LogP) is 20.2. The Morgan fingerprint density at radius 2 is 0.740 bits per heavy atom. The highest BCUT2D eigenvalue weighted by Crippen LogP contribution is 2.43. The first kappa shape index (κ1) is 74.2. The van der Waals surface area contributed by atoms with E-state index in [-0.39, 0.29) is 32.0 Å². The van der Waals surface area contributed by atoms with Crippen LogP contribution in [0.25, 0.3) is 0 Å². The van der Waals surface area contributed by atoms with Crippen LogP contribution in [0.15, 0.2) is 85.1 Å². The third-order valence-corrected chi connectivity index (χ3v) is 14.6. The van der Waals surface area contributed by atoms with Gasteiger partial charge in [-0.2, -0.15) is 0 Å². The van der Waals surface area contributed by atoms with E-state index in [2.05, 4.69) is 98.9 Å². The number of unbranched alkanes of at least 4 members (excludes halogenated alkanes) is 30. The highest BCUT2D eigenvalue weighted by molar-refractivity contribution is 7.47. The third kappa shape index (κ3) is 62.3. The molecule has 0 aliphatic heterocycles. The summed E-state index contributed by atoms with van der Waals surface area (Å²) in [4.78, 5) is 35.7. The minimum Gasteiger partial charge on any atom is -0.462 e. The topological polar surface area (TPSA) is 108 Å². The molecule has 0 rings (SSSR count). The van der Waals surface area contributed by atoms with Crippen molar-refractivity contribution in [3.63, 3.8) is 0 Å². The molecule has 0 aromatic rings. The summed E-state index contributed by atoms with van der Waals surface area (Å²) in [5.74, 6) is -0.806. The Hall–Kier alpha value is -2.81. The smallest absolute Gasteiger partial charge is 0.462 e. The molecule has 0 aromatic heterocycles.